The zero-order valence-corrected chi connectivity index (χ0v) is 19.0. The van der Waals surface area contributed by atoms with Crippen LogP contribution in [-0.2, 0) is 0 Å². The normalized spacial score (nSPS) is 24.5. The lowest BCUT2D eigenvalue weighted by Crippen LogP contribution is -2.40. The van der Waals surface area contributed by atoms with E-state index in [-0.39, 0.29) is 11.3 Å². The number of rotatable bonds is 7. The van der Waals surface area contributed by atoms with E-state index < -0.39 is 6.10 Å². The Labute approximate surface area is 178 Å². The second-order valence-electron chi connectivity index (χ2n) is 7.71. The van der Waals surface area contributed by atoms with Crippen LogP contribution in [0.1, 0.15) is 56.6 Å². The van der Waals surface area contributed by atoms with Crippen molar-refractivity contribution in [2.24, 2.45) is 5.41 Å². The number of aliphatic hydroxyl groups is 1. The van der Waals surface area contributed by atoms with Gasteiger partial charge in [-0.2, -0.15) is 0 Å². The number of benzene rings is 2. The maximum atomic E-state index is 11.9. The molecule has 1 heterocycles. The molecule has 3 atom stereocenters. The molecule has 2 aromatic rings. The molecule has 3 rings (SSSR count). The smallest absolute Gasteiger partial charge is 0.119 e. The number of thioether (sulfide) groups is 2. The van der Waals surface area contributed by atoms with E-state index in [1.807, 2.05) is 23.9 Å². The van der Waals surface area contributed by atoms with Crippen LogP contribution in [-0.4, -0.2) is 30.3 Å². The van der Waals surface area contributed by atoms with E-state index in [1.165, 1.54) is 15.4 Å². The Morgan fingerprint density at radius 2 is 2.04 bits per heavy atom. The van der Waals surface area contributed by atoms with Crippen LogP contribution >= 0.6 is 23.5 Å². The first-order valence-corrected chi connectivity index (χ1v) is 12.4. The molecule has 0 unspecified atom stereocenters. The van der Waals surface area contributed by atoms with Gasteiger partial charge in [0.2, 0.25) is 0 Å². The van der Waals surface area contributed by atoms with Crippen LogP contribution in [0.25, 0.3) is 0 Å². The van der Waals surface area contributed by atoms with Crippen LogP contribution in [0.2, 0.25) is 0 Å². The molecule has 0 saturated carbocycles. The summed E-state index contributed by atoms with van der Waals surface area (Å²) in [6, 6.07) is 15.0. The summed E-state index contributed by atoms with van der Waals surface area (Å²) in [7, 11) is 1.70. The molecule has 0 spiro atoms. The molecule has 152 valence electrons. The summed E-state index contributed by atoms with van der Waals surface area (Å²) in [5, 5.41) is 11.9. The van der Waals surface area contributed by atoms with Gasteiger partial charge in [-0.25, -0.2) is 0 Å². The summed E-state index contributed by atoms with van der Waals surface area (Å²) in [4.78, 5) is 2.55. The highest BCUT2D eigenvalue weighted by Gasteiger charge is 2.44. The van der Waals surface area contributed by atoms with E-state index in [0.717, 1.165) is 42.7 Å². The topological polar surface area (TPSA) is 29.5 Å². The highest BCUT2D eigenvalue weighted by molar-refractivity contribution is 7.99. The number of unbranched alkanes of at least 4 members (excludes halogenated alkanes) is 1. The molecule has 2 aromatic carbocycles. The highest BCUT2D eigenvalue weighted by Crippen LogP contribution is 2.51. The molecule has 0 aliphatic carbocycles. The Bertz CT molecular complexity index is 792. The summed E-state index contributed by atoms with van der Waals surface area (Å²) >= 11 is 3.68. The zero-order chi connectivity index (χ0) is 20.1. The van der Waals surface area contributed by atoms with Crippen LogP contribution in [0, 0.1) is 5.41 Å². The fourth-order valence-corrected chi connectivity index (χ4v) is 6.22. The molecule has 0 amide bonds. The van der Waals surface area contributed by atoms with Crippen LogP contribution < -0.4 is 4.74 Å². The van der Waals surface area contributed by atoms with E-state index in [9.17, 15) is 5.11 Å². The first-order valence-electron chi connectivity index (χ1n) is 10.2. The van der Waals surface area contributed by atoms with Crippen LogP contribution in [0.4, 0.5) is 0 Å². The van der Waals surface area contributed by atoms with Gasteiger partial charge in [0.05, 0.1) is 13.2 Å². The number of fused-ring (bicyclic) bond motifs is 1. The van der Waals surface area contributed by atoms with Crippen molar-refractivity contribution in [1.29, 1.82) is 0 Å². The minimum atomic E-state index is -0.415. The van der Waals surface area contributed by atoms with Gasteiger partial charge in [-0.15, -0.1) is 23.5 Å². The van der Waals surface area contributed by atoms with Gasteiger partial charge in [0.1, 0.15) is 5.75 Å². The third-order valence-electron chi connectivity index (χ3n) is 6.20. The summed E-state index contributed by atoms with van der Waals surface area (Å²) in [6.45, 7) is 4.48. The SMILES string of the molecule is CCCC[C@]1(CC)CSc2ccc(SC)cc2[C@H](c2cccc(OC)c2)[C@@H]1O. The number of hydrogen-bond donors (Lipinski definition) is 1. The quantitative estimate of drug-likeness (QED) is 0.515. The fraction of sp³-hybridized carbons (Fsp3) is 0.500. The van der Waals surface area contributed by atoms with Crippen LogP contribution in [0.5, 0.6) is 5.75 Å². The molecule has 0 saturated heterocycles. The number of aliphatic hydroxyl groups excluding tert-OH is 1. The van der Waals surface area contributed by atoms with Crippen molar-refractivity contribution in [3.63, 3.8) is 0 Å². The highest BCUT2D eigenvalue weighted by atomic mass is 32.2. The molecule has 1 N–H and O–H groups in total. The van der Waals surface area contributed by atoms with E-state index >= 15 is 0 Å². The summed E-state index contributed by atoms with van der Waals surface area (Å²) in [5.41, 5.74) is 2.32. The molecule has 28 heavy (non-hydrogen) atoms. The average molecular weight is 417 g/mol. The second kappa shape index (κ2) is 9.60. The first kappa shape index (κ1) is 21.6. The maximum Gasteiger partial charge on any atom is 0.119 e. The number of methoxy groups -OCH3 is 1. The van der Waals surface area contributed by atoms with Crippen molar-refractivity contribution in [3.8, 4) is 5.75 Å². The second-order valence-corrected chi connectivity index (χ2v) is 9.61. The van der Waals surface area contributed by atoms with Crippen molar-refractivity contribution < 1.29 is 9.84 Å². The lowest BCUT2D eigenvalue weighted by molar-refractivity contribution is 0.0182. The number of ether oxygens (including phenoxy) is 1. The Balaban J connectivity index is 2.16. The van der Waals surface area contributed by atoms with Crippen molar-refractivity contribution in [2.75, 3.05) is 19.1 Å². The van der Waals surface area contributed by atoms with Gasteiger partial charge in [-0.1, -0.05) is 38.8 Å². The molecule has 1 aliphatic rings. The third kappa shape index (κ3) is 4.24. The molecular weight excluding hydrogens is 384 g/mol. The Hall–Kier alpha value is -1.10. The minimum Gasteiger partial charge on any atom is -0.497 e. The van der Waals surface area contributed by atoms with Crippen molar-refractivity contribution in [3.05, 3.63) is 53.6 Å². The first-order chi connectivity index (χ1) is 13.6. The van der Waals surface area contributed by atoms with Gasteiger partial charge in [0, 0.05) is 26.9 Å². The fourth-order valence-electron chi connectivity index (χ4n) is 4.29. The van der Waals surface area contributed by atoms with Crippen molar-refractivity contribution in [2.45, 2.75) is 61.3 Å². The van der Waals surface area contributed by atoms with E-state index in [1.54, 1.807) is 18.9 Å². The summed E-state index contributed by atoms with van der Waals surface area (Å²) < 4.78 is 5.50. The molecule has 0 fully saturated rings. The predicted octanol–water partition coefficient (Wildman–Crippen LogP) is 6.60. The van der Waals surface area contributed by atoms with Gasteiger partial charge >= 0.3 is 0 Å². The standard InChI is InChI=1S/C24H32O2S2/c1-5-7-13-24(6-2)16-28-21-12-11-19(27-4)15-20(21)22(23(24)25)17-9-8-10-18(14-17)26-3/h8-12,14-15,22-23,25H,5-7,13,16H2,1-4H3/t22-,23-,24+/m0/s1. The molecule has 0 bridgehead atoms. The van der Waals surface area contributed by atoms with E-state index in [2.05, 4.69) is 50.4 Å². The van der Waals surface area contributed by atoms with Crippen molar-refractivity contribution >= 4 is 23.5 Å². The molecule has 0 aromatic heterocycles. The summed E-state index contributed by atoms with van der Waals surface area (Å²) in [6.07, 6.45) is 6.07. The molecular formula is C24H32O2S2. The van der Waals surface area contributed by atoms with E-state index in [4.69, 9.17) is 4.74 Å². The van der Waals surface area contributed by atoms with Gasteiger partial charge < -0.3 is 9.84 Å². The predicted molar refractivity (Wildman–Crippen MR) is 122 cm³/mol. The maximum absolute atomic E-state index is 11.9. The zero-order valence-electron chi connectivity index (χ0n) is 17.4. The Kier molecular flexibility index (Phi) is 7.41. The molecule has 2 nitrogen and oxygen atoms in total. The number of hydrogen-bond acceptors (Lipinski definition) is 4. The summed E-state index contributed by atoms with van der Waals surface area (Å²) in [5.74, 6) is 1.78. The largest absolute Gasteiger partial charge is 0.497 e. The Morgan fingerprint density at radius 3 is 2.71 bits per heavy atom. The third-order valence-corrected chi connectivity index (χ3v) is 8.32. The average Bonchev–Trinajstić information content (AvgIpc) is 2.86. The Morgan fingerprint density at radius 1 is 1.21 bits per heavy atom. The van der Waals surface area contributed by atoms with Gasteiger partial charge in [0.25, 0.3) is 0 Å². The lowest BCUT2D eigenvalue weighted by atomic mass is 9.69. The van der Waals surface area contributed by atoms with E-state index in [0.29, 0.717) is 0 Å². The van der Waals surface area contributed by atoms with Crippen molar-refractivity contribution in [1.82, 2.24) is 0 Å². The van der Waals surface area contributed by atoms with Crippen LogP contribution in [0.15, 0.2) is 52.3 Å². The lowest BCUT2D eigenvalue weighted by Gasteiger charge is -2.40. The monoisotopic (exact) mass is 416 g/mol. The van der Waals surface area contributed by atoms with Gasteiger partial charge in [-0.05, 0) is 60.6 Å². The molecule has 1 aliphatic heterocycles. The van der Waals surface area contributed by atoms with Gasteiger partial charge in [0.15, 0.2) is 0 Å². The minimum absolute atomic E-state index is 0.0380. The van der Waals surface area contributed by atoms with Gasteiger partial charge in [-0.3, -0.25) is 0 Å². The molecule has 0 radical (unpaired) electrons. The molecule has 4 heteroatoms. The van der Waals surface area contributed by atoms with Crippen LogP contribution in [0.3, 0.4) is 0 Å².